The zero-order valence-corrected chi connectivity index (χ0v) is 19.0. The van der Waals surface area contributed by atoms with Gasteiger partial charge in [0.2, 0.25) is 5.13 Å². The molecule has 1 aromatic carbocycles. The third-order valence-electron chi connectivity index (χ3n) is 3.91. The van der Waals surface area contributed by atoms with E-state index in [9.17, 15) is 9.59 Å². The molecule has 0 aliphatic carbocycles. The number of hydrogen-bond acceptors (Lipinski definition) is 8. The summed E-state index contributed by atoms with van der Waals surface area (Å²) in [6, 6.07) is 7.25. The van der Waals surface area contributed by atoms with Crippen molar-refractivity contribution in [2.45, 2.75) is 31.0 Å². The van der Waals surface area contributed by atoms with Gasteiger partial charge in [0.05, 0.1) is 35.5 Å². The number of benzene rings is 1. The SMILES string of the molecule is CCOC(=O)CSc1nnc(NC(=O)c2cnn(-c3ccc(Cl)cc3)c2C(C)C)s1. The number of halogens is 1. The van der Waals surface area contributed by atoms with Gasteiger partial charge in [0.1, 0.15) is 0 Å². The van der Waals surface area contributed by atoms with Crippen molar-refractivity contribution in [3.63, 3.8) is 0 Å². The number of thioether (sulfide) groups is 1. The molecule has 30 heavy (non-hydrogen) atoms. The van der Waals surface area contributed by atoms with Crippen molar-refractivity contribution in [1.82, 2.24) is 20.0 Å². The first kappa shape index (κ1) is 22.3. The molecule has 1 amide bonds. The van der Waals surface area contributed by atoms with Crippen LogP contribution in [0.1, 0.15) is 42.7 Å². The highest BCUT2D eigenvalue weighted by Gasteiger charge is 2.22. The number of rotatable bonds is 8. The number of amides is 1. The van der Waals surface area contributed by atoms with E-state index in [4.69, 9.17) is 16.3 Å². The molecule has 0 aliphatic heterocycles. The fraction of sp³-hybridized carbons (Fsp3) is 0.316. The summed E-state index contributed by atoms with van der Waals surface area (Å²) in [6.45, 7) is 6.07. The van der Waals surface area contributed by atoms with Gasteiger partial charge >= 0.3 is 5.97 Å². The van der Waals surface area contributed by atoms with E-state index in [0.29, 0.717) is 26.7 Å². The minimum absolute atomic E-state index is 0.0500. The molecule has 2 aromatic heterocycles. The Hall–Kier alpha value is -2.43. The summed E-state index contributed by atoms with van der Waals surface area (Å²) in [5.74, 6) is -0.451. The highest BCUT2D eigenvalue weighted by atomic mass is 35.5. The molecule has 0 bridgehead atoms. The van der Waals surface area contributed by atoms with Crippen LogP contribution in [-0.2, 0) is 9.53 Å². The van der Waals surface area contributed by atoms with E-state index in [-0.39, 0.29) is 23.5 Å². The monoisotopic (exact) mass is 465 g/mol. The second-order valence-corrected chi connectivity index (χ2v) is 9.04. The van der Waals surface area contributed by atoms with Gasteiger partial charge in [-0.2, -0.15) is 5.10 Å². The van der Waals surface area contributed by atoms with Gasteiger partial charge in [-0.3, -0.25) is 14.9 Å². The van der Waals surface area contributed by atoms with E-state index >= 15 is 0 Å². The van der Waals surface area contributed by atoms with Crippen molar-refractivity contribution < 1.29 is 14.3 Å². The van der Waals surface area contributed by atoms with Crippen LogP contribution in [0.2, 0.25) is 5.02 Å². The van der Waals surface area contributed by atoms with Crippen LogP contribution in [0.5, 0.6) is 0 Å². The second kappa shape index (κ2) is 10.1. The molecule has 0 fully saturated rings. The van der Waals surface area contributed by atoms with Crippen molar-refractivity contribution in [2.75, 3.05) is 17.7 Å². The van der Waals surface area contributed by atoms with Crippen LogP contribution in [0.15, 0.2) is 34.8 Å². The standard InChI is InChI=1S/C19H20ClN5O3S2/c1-4-28-15(26)10-29-19-24-23-18(30-19)22-17(27)14-9-21-25(16(14)11(2)3)13-7-5-12(20)6-8-13/h5-9,11H,4,10H2,1-3H3,(H,22,23,27). The van der Waals surface area contributed by atoms with E-state index in [1.807, 2.05) is 26.0 Å². The molecule has 2 heterocycles. The quantitative estimate of drug-likeness (QED) is 0.299. The van der Waals surface area contributed by atoms with Crippen molar-refractivity contribution in [3.8, 4) is 5.69 Å². The maximum atomic E-state index is 12.9. The molecular formula is C19H20ClN5O3S2. The summed E-state index contributed by atoms with van der Waals surface area (Å²) in [7, 11) is 0. The number of carbonyl (C=O) groups excluding carboxylic acids is 2. The average Bonchev–Trinajstić information content (AvgIpc) is 3.34. The number of anilines is 1. The number of esters is 1. The number of carbonyl (C=O) groups is 2. The smallest absolute Gasteiger partial charge is 0.316 e. The van der Waals surface area contributed by atoms with Gasteiger partial charge in [0.15, 0.2) is 4.34 Å². The minimum Gasteiger partial charge on any atom is -0.465 e. The topological polar surface area (TPSA) is 99.0 Å². The number of nitrogens with one attached hydrogen (secondary N) is 1. The van der Waals surface area contributed by atoms with Crippen LogP contribution in [0.3, 0.4) is 0 Å². The maximum Gasteiger partial charge on any atom is 0.316 e. The number of nitrogens with zero attached hydrogens (tertiary/aromatic N) is 4. The van der Waals surface area contributed by atoms with Crippen molar-refractivity contribution in [3.05, 3.63) is 46.7 Å². The molecule has 0 atom stereocenters. The van der Waals surface area contributed by atoms with Gasteiger partial charge < -0.3 is 4.74 Å². The Balaban J connectivity index is 1.74. The van der Waals surface area contributed by atoms with Gasteiger partial charge in [0, 0.05) is 5.02 Å². The molecule has 11 heteroatoms. The van der Waals surface area contributed by atoms with Crippen LogP contribution in [0.4, 0.5) is 5.13 Å². The summed E-state index contributed by atoms with van der Waals surface area (Å²) in [6.07, 6.45) is 1.54. The molecule has 1 N–H and O–H groups in total. The van der Waals surface area contributed by atoms with Gasteiger partial charge in [0.25, 0.3) is 5.91 Å². The normalized spacial score (nSPS) is 11.0. The molecular weight excluding hydrogens is 446 g/mol. The molecule has 0 unspecified atom stereocenters. The Bertz CT molecular complexity index is 1030. The van der Waals surface area contributed by atoms with Gasteiger partial charge in [-0.1, -0.05) is 48.5 Å². The van der Waals surface area contributed by atoms with Crippen molar-refractivity contribution >= 4 is 51.7 Å². The molecule has 158 valence electrons. The Kier molecular flexibility index (Phi) is 7.46. The largest absolute Gasteiger partial charge is 0.465 e. The van der Waals surface area contributed by atoms with Crippen LogP contribution in [-0.4, -0.2) is 44.2 Å². The Morgan fingerprint density at radius 1 is 1.27 bits per heavy atom. The van der Waals surface area contributed by atoms with Crippen LogP contribution >= 0.6 is 34.7 Å². The predicted molar refractivity (Wildman–Crippen MR) is 118 cm³/mol. The summed E-state index contributed by atoms with van der Waals surface area (Å²) < 4.78 is 7.19. The first-order valence-corrected chi connectivity index (χ1v) is 11.3. The summed E-state index contributed by atoms with van der Waals surface area (Å²) >= 11 is 8.38. The Morgan fingerprint density at radius 3 is 2.67 bits per heavy atom. The molecule has 0 radical (unpaired) electrons. The molecule has 0 saturated heterocycles. The molecule has 3 rings (SSSR count). The van der Waals surface area contributed by atoms with Gasteiger partial charge in [-0.25, -0.2) is 4.68 Å². The Labute approximate surface area is 187 Å². The molecule has 8 nitrogen and oxygen atoms in total. The highest BCUT2D eigenvalue weighted by molar-refractivity contribution is 8.01. The Morgan fingerprint density at radius 2 is 2.00 bits per heavy atom. The number of aromatic nitrogens is 4. The zero-order valence-electron chi connectivity index (χ0n) is 16.6. The highest BCUT2D eigenvalue weighted by Crippen LogP contribution is 2.28. The third-order valence-corrected chi connectivity index (χ3v) is 6.11. The van der Waals surface area contributed by atoms with Gasteiger partial charge in [-0.15, -0.1) is 10.2 Å². The average molecular weight is 466 g/mol. The lowest BCUT2D eigenvalue weighted by Gasteiger charge is -2.12. The minimum atomic E-state index is -0.322. The summed E-state index contributed by atoms with van der Waals surface area (Å²) in [4.78, 5) is 24.3. The molecule has 3 aromatic rings. The lowest BCUT2D eigenvalue weighted by atomic mass is 10.1. The van der Waals surface area contributed by atoms with Crippen LogP contribution in [0.25, 0.3) is 5.69 Å². The van der Waals surface area contributed by atoms with Crippen LogP contribution in [0, 0.1) is 0 Å². The lowest BCUT2D eigenvalue weighted by Crippen LogP contribution is -2.15. The maximum absolute atomic E-state index is 12.9. The molecule has 0 aliphatic rings. The first-order valence-electron chi connectivity index (χ1n) is 9.16. The second-order valence-electron chi connectivity index (χ2n) is 6.41. The van der Waals surface area contributed by atoms with E-state index in [1.54, 1.807) is 23.7 Å². The fourth-order valence-electron chi connectivity index (χ4n) is 2.68. The molecule has 0 spiro atoms. The van der Waals surface area contributed by atoms with Gasteiger partial charge in [-0.05, 0) is 37.1 Å². The lowest BCUT2D eigenvalue weighted by molar-refractivity contribution is -0.139. The summed E-state index contributed by atoms with van der Waals surface area (Å²) in [5.41, 5.74) is 2.04. The van der Waals surface area contributed by atoms with Crippen LogP contribution < -0.4 is 5.32 Å². The van der Waals surface area contributed by atoms with E-state index < -0.39 is 0 Å². The molecule has 0 saturated carbocycles. The summed E-state index contributed by atoms with van der Waals surface area (Å²) in [5, 5.41) is 16.1. The third kappa shape index (κ3) is 5.38. The number of hydrogen-bond donors (Lipinski definition) is 1. The fourth-order valence-corrected chi connectivity index (χ4v) is 4.35. The van der Waals surface area contributed by atoms with E-state index in [1.165, 1.54) is 29.3 Å². The predicted octanol–water partition coefficient (Wildman–Crippen LogP) is 4.41. The zero-order chi connectivity index (χ0) is 21.7. The van der Waals surface area contributed by atoms with Crippen molar-refractivity contribution in [1.29, 1.82) is 0 Å². The number of ether oxygens (including phenoxy) is 1. The van der Waals surface area contributed by atoms with Crippen molar-refractivity contribution in [2.24, 2.45) is 0 Å². The van der Waals surface area contributed by atoms with E-state index in [0.717, 1.165) is 11.4 Å². The first-order chi connectivity index (χ1) is 14.4. The van der Waals surface area contributed by atoms with E-state index in [2.05, 4.69) is 20.6 Å².